The molecule has 0 radical (unpaired) electrons. The van der Waals surface area contributed by atoms with E-state index in [1.807, 2.05) is 38.1 Å². The smallest absolute Gasteiger partial charge is 0.407 e. The molecule has 2 aromatic rings. The van der Waals surface area contributed by atoms with Crippen molar-refractivity contribution in [3.8, 4) is 11.1 Å². The number of hydrogen-bond donors (Lipinski definition) is 2. The van der Waals surface area contributed by atoms with Gasteiger partial charge in [-0.25, -0.2) is 9.59 Å². The number of benzene rings is 2. The van der Waals surface area contributed by atoms with Gasteiger partial charge < -0.3 is 20.1 Å². The number of nitrogens with one attached hydrogen (secondary N) is 1. The van der Waals surface area contributed by atoms with Crippen LogP contribution in [0.2, 0.25) is 0 Å². The second-order valence-electron chi connectivity index (χ2n) is 10.4. The molecule has 2 N–H and O–H groups in total. The van der Waals surface area contributed by atoms with Gasteiger partial charge in [0.1, 0.15) is 18.7 Å². The summed E-state index contributed by atoms with van der Waals surface area (Å²) in [5.41, 5.74) is 4.04. The summed E-state index contributed by atoms with van der Waals surface area (Å²) in [4.78, 5) is 39.1. The van der Waals surface area contributed by atoms with E-state index in [1.54, 1.807) is 0 Å². The molecule has 2 atom stereocenters. The first kappa shape index (κ1) is 22.4. The number of aliphatic carboxylic acids is 1. The van der Waals surface area contributed by atoms with Crippen molar-refractivity contribution in [3.63, 3.8) is 0 Å². The monoisotopic (exact) mass is 462 g/mol. The number of carbonyl (C=O) groups excluding carboxylic acids is 2. The van der Waals surface area contributed by atoms with Crippen LogP contribution in [0, 0.1) is 11.3 Å². The number of amides is 2. The Kier molecular flexibility index (Phi) is 5.58. The average Bonchev–Trinajstić information content (AvgIpc) is 3.55. The van der Waals surface area contributed by atoms with Crippen molar-refractivity contribution in [2.75, 3.05) is 13.2 Å². The van der Waals surface area contributed by atoms with E-state index >= 15 is 0 Å². The first-order valence-corrected chi connectivity index (χ1v) is 11.9. The third kappa shape index (κ3) is 4.04. The van der Waals surface area contributed by atoms with Crippen molar-refractivity contribution in [1.29, 1.82) is 0 Å². The molecule has 2 fully saturated rings. The number of fused-ring (bicyclic) bond motifs is 3. The van der Waals surface area contributed by atoms with Gasteiger partial charge in [0.2, 0.25) is 5.91 Å². The minimum absolute atomic E-state index is 0.0664. The molecule has 1 saturated heterocycles. The Morgan fingerprint density at radius 2 is 1.65 bits per heavy atom. The molecule has 2 amide bonds. The maximum Gasteiger partial charge on any atom is 0.407 e. The van der Waals surface area contributed by atoms with E-state index in [-0.39, 0.29) is 18.4 Å². The van der Waals surface area contributed by atoms with E-state index in [9.17, 15) is 19.5 Å². The van der Waals surface area contributed by atoms with Crippen molar-refractivity contribution in [1.82, 2.24) is 10.2 Å². The molecular formula is C27H30N2O5. The standard InChI is InChI=1S/C27H30N2O5/c1-27(2)15-29(23(27)25(31)32)24(30)22(13-16-11-12-16)28-26(33)34-14-21-19-9-5-3-7-17(19)18-8-4-6-10-20(18)21/h3-10,16,21-23H,11-15H2,1-2H3,(H,28,33)(H,31,32)/t22-,23?/m0/s1. The summed E-state index contributed by atoms with van der Waals surface area (Å²) in [7, 11) is 0. The molecule has 5 rings (SSSR count). The van der Waals surface area contributed by atoms with Crippen LogP contribution in [-0.4, -0.2) is 53.2 Å². The molecule has 1 aliphatic heterocycles. The highest BCUT2D eigenvalue weighted by Gasteiger charge is 2.54. The second-order valence-corrected chi connectivity index (χ2v) is 10.4. The number of alkyl carbamates (subject to hydrolysis) is 1. The van der Waals surface area contributed by atoms with Gasteiger partial charge in [0.15, 0.2) is 0 Å². The molecule has 1 unspecified atom stereocenters. The van der Waals surface area contributed by atoms with Gasteiger partial charge in [0.25, 0.3) is 0 Å². The fraction of sp³-hybridized carbons (Fsp3) is 0.444. The van der Waals surface area contributed by atoms with E-state index in [4.69, 9.17) is 4.74 Å². The minimum atomic E-state index is -1.02. The number of ether oxygens (including phenoxy) is 1. The summed E-state index contributed by atoms with van der Waals surface area (Å²) < 4.78 is 5.63. The van der Waals surface area contributed by atoms with Crippen LogP contribution >= 0.6 is 0 Å². The lowest BCUT2D eigenvalue weighted by Gasteiger charge is -2.52. The molecule has 2 aromatic carbocycles. The Labute approximate surface area is 199 Å². The summed E-state index contributed by atoms with van der Waals surface area (Å²) >= 11 is 0. The topological polar surface area (TPSA) is 95.9 Å². The van der Waals surface area contributed by atoms with Gasteiger partial charge in [-0.3, -0.25) is 4.79 Å². The molecule has 0 aromatic heterocycles. The van der Waals surface area contributed by atoms with Crippen molar-refractivity contribution in [2.45, 2.75) is 51.1 Å². The summed E-state index contributed by atoms with van der Waals surface area (Å²) in [6.45, 7) is 4.20. The first-order chi connectivity index (χ1) is 16.3. The Morgan fingerprint density at radius 1 is 1.06 bits per heavy atom. The van der Waals surface area contributed by atoms with Crippen LogP contribution < -0.4 is 5.32 Å². The normalized spacial score (nSPS) is 21.1. The van der Waals surface area contributed by atoms with Crippen molar-refractivity contribution in [3.05, 3.63) is 59.7 Å². The molecule has 1 heterocycles. The number of carboxylic acids is 1. The molecule has 1 saturated carbocycles. The van der Waals surface area contributed by atoms with Gasteiger partial charge in [-0.2, -0.15) is 0 Å². The third-order valence-electron chi connectivity index (χ3n) is 7.35. The number of carboxylic acid groups (broad SMARTS) is 1. The van der Waals surface area contributed by atoms with Crippen LogP contribution in [-0.2, 0) is 14.3 Å². The fourth-order valence-electron chi connectivity index (χ4n) is 5.49. The van der Waals surface area contributed by atoms with Crippen LogP contribution in [0.1, 0.15) is 50.2 Å². The summed E-state index contributed by atoms with van der Waals surface area (Å²) in [6, 6.07) is 14.6. The Balaban J connectivity index is 1.26. The zero-order valence-corrected chi connectivity index (χ0v) is 19.5. The van der Waals surface area contributed by atoms with Crippen molar-refractivity contribution < 1.29 is 24.2 Å². The summed E-state index contributed by atoms with van der Waals surface area (Å²) in [5.74, 6) is -1.05. The molecule has 0 spiro atoms. The quantitative estimate of drug-likeness (QED) is 0.648. The Bertz CT molecular complexity index is 1090. The van der Waals surface area contributed by atoms with Crippen molar-refractivity contribution in [2.24, 2.45) is 11.3 Å². The van der Waals surface area contributed by atoms with Crippen LogP contribution in [0.3, 0.4) is 0 Å². The summed E-state index contributed by atoms with van der Waals surface area (Å²) in [5, 5.41) is 12.4. The molecule has 3 aliphatic rings. The zero-order chi connectivity index (χ0) is 24.0. The van der Waals surface area contributed by atoms with Gasteiger partial charge in [-0.15, -0.1) is 0 Å². The largest absolute Gasteiger partial charge is 0.480 e. The van der Waals surface area contributed by atoms with Crippen LogP contribution in [0.4, 0.5) is 4.79 Å². The SMILES string of the molecule is CC1(C)CN(C(=O)[C@H](CC2CC2)NC(=O)OCC2c3ccccc3-c3ccccc32)C1C(=O)O. The molecule has 2 aliphatic carbocycles. The minimum Gasteiger partial charge on any atom is -0.480 e. The highest BCUT2D eigenvalue weighted by atomic mass is 16.5. The first-order valence-electron chi connectivity index (χ1n) is 11.9. The third-order valence-corrected chi connectivity index (χ3v) is 7.35. The van der Waals surface area contributed by atoms with Crippen LogP contribution in [0.5, 0.6) is 0 Å². The maximum atomic E-state index is 13.2. The molecule has 7 heteroatoms. The molecule has 178 valence electrons. The van der Waals surface area contributed by atoms with Crippen LogP contribution in [0.25, 0.3) is 11.1 Å². The number of rotatable bonds is 7. The molecule has 34 heavy (non-hydrogen) atoms. The van der Waals surface area contributed by atoms with E-state index in [1.165, 1.54) is 4.90 Å². The van der Waals surface area contributed by atoms with Gasteiger partial charge in [-0.05, 0) is 34.6 Å². The van der Waals surface area contributed by atoms with Gasteiger partial charge >= 0.3 is 12.1 Å². The zero-order valence-electron chi connectivity index (χ0n) is 19.5. The highest BCUT2D eigenvalue weighted by molar-refractivity contribution is 5.91. The van der Waals surface area contributed by atoms with E-state index in [0.29, 0.717) is 18.9 Å². The van der Waals surface area contributed by atoms with E-state index in [2.05, 4.69) is 29.6 Å². The molecule has 7 nitrogen and oxygen atoms in total. The second kappa shape index (κ2) is 8.46. The van der Waals surface area contributed by atoms with Gasteiger partial charge in [0.05, 0.1) is 0 Å². The fourth-order valence-corrected chi connectivity index (χ4v) is 5.49. The van der Waals surface area contributed by atoms with E-state index < -0.39 is 29.6 Å². The van der Waals surface area contributed by atoms with Gasteiger partial charge in [-0.1, -0.05) is 75.2 Å². The Morgan fingerprint density at radius 3 is 2.18 bits per heavy atom. The number of nitrogens with zero attached hydrogens (tertiary/aromatic N) is 1. The lowest BCUT2D eigenvalue weighted by atomic mass is 9.74. The lowest BCUT2D eigenvalue weighted by molar-refractivity contribution is -0.173. The summed E-state index contributed by atoms with van der Waals surface area (Å²) in [6.07, 6.45) is 1.90. The predicted octanol–water partition coefficient (Wildman–Crippen LogP) is 4.02. The number of likely N-dealkylation sites (tertiary alicyclic amines) is 1. The highest BCUT2D eigenvalue weighted by Crippen LogP contribution is 2.44. The van der Waals surface area contributed by atoms with Crippen molar-refractivity contribution >= 4 is 18.0 Å². The number of carbonyl (C=O) groups is 3. The number of hydrogen-bond acceptors (Lipinski definition) is 4. The van der Waals surface area contributed by atoms with E-state index in [0.717, 1.165) is 35.1 Å². The average molecular weight is 463 g/mol. The van der Waals surface area contributed by atoms with Crippen LogP contribution in [0.15, 0.2) is 48.5 Å². The molecule has 0 bridgehead atoms. The Hall–Kier alpha value is -3.35. The molecular weight excluding hydrogens is 432 g/mol. The van der Waals surface area contributed by atoms with Gasteiger partial charge in [0, 0.05) is 17.9 Å². The predicted molar refractivity (Wildman–Crippen MR) is 126 cm³/mol. The maximum absolute atomic E-state index is 13.2. The lowest BCUT2D eigenvalue weighted by Crippen LogP contribution is -2.69.